The van der Waals surface area contributed by atoms with Gasteiger partial charge < -0.3 is 9.47 Å². The third-order valence-corrected chi connectivity index (χ3v) is 4.86. The molecule has 28 heavy (non-hydrogen) atoms. The van der Waals surface area contributed by atoms with Crippen LogP contribution in [0.1, 0.15) is 26.3 Å². The standard InChI is InChI=1S/C22H27N5O/c1-4-26(5-2)19-12-10-18(11-13-19)14-24-25-22(28)17(3)15-27-16-23-20-8-6-7-9-21(20)27/h6-14,16-17H,4-5,15H2,1-3H3,(H,25,28). The number of carbonyl (C=O) groups excluding carboxylic acids is 1. The van der Waals surface area contributed by atoms with Crippen LogP contribution < -0.4 is 10.3 Å². The summed E-state index contributed by atoms with van der Waals surface area (Å²) in [7, 11) is 0. The molecule has 1 heterocycles. The smallest absolute Gasteiger partial charge is 0.244 e. The molecule has 6 nitrogen and oxygen atoms in total. The van der Waals surface area contributed by atoms with E-state index in [1.54, 1.807) is 12.5 Å². The van der Waals surface area contributed by atoms with Gasteiger partial charge in [-0.1, -0.05) is 31.2 Å². The first kappa shape index (κ1) is 19.6. The molecule has 0 saturated heterocycles. The number of nitrogens with zero attached hydrogens (tertiary/aromatic N) is 4. The van der Waals surface area contributed by atoms with Crippen LogP contribution in [0, 0.1) is 5.92 Å². The van der Waals surface area contributed by atoms with Crippen molar-refractivity contribution in [3.05, 3.63) is 60.4 Å². The Kier molecular flexibility index (Phi) is 6.42. The first-order valence-electron chi connectivity index (χ1n) is 9.70. The summed E-state index contributed by atoms with van der Waals surface area (Å²) in [5.41, 5.74) is 6.73. The molecule has 1 atom stereocenters. The molecule has 1 unspecified atom stereocenters. The highest BCUT2D eigenvalue weighted by atomic mass is 16.2. The quantitative estimate of drug-likeness (QED) is 0.481. The molecule has 0 fully saturated rings. The Morgan fingerprint density at radius 1 is 1.18 bits per heavy atom. The van der Waals surface area contributed by atoms with Crippen molar-refractivity contribution in [1.29, 1.82) is 0 Å². The van der Waals surface area contributed by atoms with Gasteiger partial charge in [0.05, 0.1) is 29.5 Å². The molecule has 0 aliphatic heterocycles. The second-order valence-electron chi connectivity index (χ2n) is 6.78. The number of imidazole rings is 1. The summed E-state index contributed by atoms with van der Waals surface area (Å²) >= 11 is 0. The summed E-state index contributed by atoms with van der Waals surface area (Å²) < 4.78 is 2.00. The van der Waals surface area contributed by atoms with Gasteiger partial charge in [-0.2, -0.15) is 5.10 Å². The third kappa shape index (κ3) is 4.57. The maximum atomic E-state index is 12.4. The maximum Gasteiger partial charge on any atom is 0.244 e. The van der Waals surface area contributed by atoms with Crippen molar-refractivity contribution < 1.29 is 4.79 Å². The third-order valence-electron chi connectivity index (χ3n) is 4.86. The summed E-state index contributed by atoms with van der Waals surface area (Å²) in [6.07, 6.45) is 3.44. The highest BCUT2D eigenvalue weighted by Gasteiger charge is 2.14. The average Bonchev–Trinajstić information content (AvgIpc) is 3.13. The molecule has 6 heteroatoms. The van der Waals surface area contributed by atoms with Crippen LogP contribution in [0.5, 0.6) is 0 Å². The van der Waals surface area contributed by atoms with Gasteiger partial charge in [-0.15, -0.1) is 0 Å². The molecule has 0 aliphatic carbocycles. The fraction of sp³-hybridized carbons (Fsp3) is 0.318. The van der Waals surface area contributed by atoms with Crippen molar-refractivity contribution in [2.45, 2.75) is 27.3 Å². The molecular formula is C22H27N5O. The van der Waals surface area contributed by atoms with E-state index in [-0.39, 0.29) is 11.8 Å². The molecule has 0 radical (unpaired) electrons. The van der Waals surface area contributed by atoms with E-state index in [9.17, 15) is 4.79 Å². The van der Waals surface area contributed by atoms with E-state index in [2.05, 4.69) is 46.4 Å². The SMILES string of the molecule is CCN(CC)c1ccc(C=NNC(=O)C(C)Cn2cnc3ccccc32)cc1. The summed E-state index contributed by atoms with van der Waals surface area (Å²) in [6, 6.07) is 16.1. The van der Waals surface area contributed by atoms with Crippen LogP contribution in [-0.2, 0) is 11.3 Å². The Hall–Kier alpha value is -3.15. The molecule has 3 rings (SSSR count). The summed E-state index contributed by atoms with van der Waals surface area (Å²) in [6.45, 7) is 8.68. The normalized spacial score (nSPS) is 12.4. The van der Waals surface area contributed by atoms with Crippen molar-refractivity contribution in [3.8, 4) is 0 Å². The Labute approximate surface area is 165 Å². The van der Waals surface area contributed by atoms with Gasteiger partial charge in [0.15, 0.2) is 0 Å². The number of hydrogen-bond acceptors (Lipinski definition) is 4. The molecule has 0 aliphatic rings. The molecule has 0 spiro atoms. The van der Waals surface area contributed by atoms with E-state index in [0.717, 1.165) is 29.7 Å². The Balaban J connectivity index is 1.55. The molecule has 1 aromatic heterocycles. The number of benzene rings is 2. The second kappa shape index (κ2) is 9.17. The lowest BCUT2D eigenvalue weighted by Crippen LogP contribution is -2.28. The number of aromatic nitrogens is 2. The lowest BCUT2D eigenvalue weighted by atomic mass is 10.1. The van der Waals surface area contributed by atoms with E-state index in [0.29, 0.717) is 6.54 Å². The zero-order valence-corrected chi connectivity index (χ0v) is 16.7. The predicted molar refractivity (Wildman–Crippen MR) is 115 cm³/mol. The number of rotatable bonds is 8. The number of nitrogens with one attached hydrogen (secondary N) is 1. The molecule has 1 N–H and O–H groups in total. The van der Waals surface area contributed by atoms with E-state index >= 15 is 0 Å². The maximum absolute atomic E-state index is 12.4. The van der Waals surface area contributed by atoms with Crippen molar-refractivity contribution >= 4 is 28.8 Å². The Morgan fingerprint density at radius 3 is 2.61 bits per heavy atom. The highest BCUT2D eigenvalue weighted by molar-refractivity contribution is 5.83. The fourth-order valence-corrected chi connectivity index (χ4v) is 3.17. The molecule has 0 saturated carbocycles. The van der Waals surface area contributed by atoms with Gasteiger partial charge in [0, 0.05) is 25.3 Å². The molecule has 0 bridgehead atoms. The number of carbonyl (C=O) groups is 1. The van der Waals surface area contributed by atoms with Crippen molar-refractivity contribution in [2.75, 3.05) is 18.0 Å². The predicted octanol–water partition coefficient (Wildman–Crippen LogP) is 3.67. The van der Waals surface area contributed by atoms with Gasteiger partial charge in [-0.3, -0.25) is 4.79 Å². The van der Waals surface area contributed by atoms with E-state index < -0.39 is 0 Å². The van der Waals surface area contributed by atoms with Crippen LogP contribution >= 0.6 is 0 Å². The Bertz CT molecular complexity index is 941. The van der Waals surface area contributed by atoms with Crippen molar-refractivity contribution in [3.63, 3.8) is 0 Å². The van der Waals surface area contributed by atoms with Gasteiger partial charge in [0.2, 0.25) is 5.91 Å². The zero-order chi connectivity index (χ0) is 19.9. The van der Waals surface area contributed by atoms with Gasteiger partial charge >= 0.3 is 0 Å². The molecule has 146 valence electrons. The number of hydrazone groups is 1. The topological polar surface area (TPSA) is 62.5 Å². The van der Waals surface area contributed by atoms with Crippen LogP contribution in [-0.4, -0.2) is 34.8 Å². The van der Waals surface area contributed by atoms with Gasteiger partial charge in [-0.25, -0.2) is 10.4 Å². The second-order valence-corrected chi connectivity index (χ2v) is 6.78. The lowest BCUT2D eigenvalue weighted by molar-refractivity contribution is -0.124. The monoisotopic (exact) mass is 377 g/mol. The van der Waals surface area contributed by atoms with E-state index in [4.69, 9.17) is 0 Å². The van der Waals surface area contributed by atoms with E-state index in [1.807, 2.05) is 47.9 Å². The number of fused-ring (bicyclic) bond motifs is 1. The van der Waals surface area contributed by atoms with E-state index in [1.165, 1.54) is 5.69 Å². The van der Waals surface area contributed by atoms with Crippen LogP contribution in [0.15, 0.2) is 60.0 Å². The highest BCUT2D eigenvalue weighted by Crippen LogP contribution is 2.15. The molecule has 3 aromatic rings. The summed E-state index contributed by atoms with van der Waals surface area (Å²) in [5.74, 6) is -0.339. The van der Waals surface area contributed by atoms with Gasteiger partial charge in [0.1, 0.15) is 0 Å². The minimum atomic E-state index is -0.222. The van der Waals surface area contributed by atoms with Crippen LogP contribution in [0.4, 0.5) is 5.69 Å². The number of para-hydroxylation sites is 2. The molecular weight excluding hydrogens is 350 g/mol. The van der Waals surface area contributed by atoms with Gasteiger partial charge in [-0.05, 0) is 43.7 Å². The summed E-state index contributed by atoms with van der Waals surface area (Å²) in [4.78, 5) is 19.0. The largest absolute Gasteiger partial charge is 0.372 e. The molecule has 1 amide bonds. The van der Waals surface area contributed by atoms with Crippen LogP contribution in [0.25, 0.3) is 11.0 Å². The Morgan fingerprint density at radius 2 is 1.89 bits per heavy atom. The van der Waals surface area contributed by atoms with Crippen LogP contribution in [0.2, 0.25) is 0 Å². The first-order valence-corrected chi connectivity index (χ1v) is 9.70. The number of anilines is 1. The molecule has 2 aromatic carbocycles. The number of hydrogen-bond donors (Lipinski definition) is 1. The minimum absolute atomic E-state index is 0.117. The lowest BCUT2D eigenvalue weighted by Gasteiger charge is -2.20. The van der Waals surface area contributed by atoms with Crippen molar-refractivity contribution in [1.82, 2.24) is 15.0 Å². The van der Waals surface area contributed by atoms with Crippen LogP contribution in [0.3, 0.4) is 0 Å². The average molecular weight is 377 g/mol. The fourth-order valence-electron chi connectivity index (χ4n) is 3.17. The van der Waals surface area contributed by atoms with Crippen molar-refractivity contribution in [2.24, 2.45) is 11.0 Å². The summed E-state index contributed by atoms with van der Waals surface area (Å²) in [5, 5.41) is 4.11. The first-order chi connectivity index (χ1) is 13.6. The minimum Gasteiger partial charge on any atom is -0.372 e. The number of amides is 1. The zero-order valence-electron chi connectivity index (χ0n) is 16.7. The van der Waals surface area contributed by atoms with Gasteiger partial charge in [0.25, 0.3) is 0 Å².